The number of nitrogens with one attached hydrogen (secondary N) is 1. The van der Waals surface area contributed by atoms with Gasteiger partial charge in [0.05, 0.1) is 15.9 Å². The van der Waals surface area contributed by atoms with Crippen LogP contribution >= 0.6 is 0 Å². The summed E-state index contributed by atoms with van der Waals surface area (Å²) < 4.78 is 0. The highest BCUT2D eigenvalue weighted by Gasteiger charge is 2.55. The molecule has 0 spiro atoms. The number of benzene rings is 1. The van der Waals surface area contributed by atoms with Crippen molar-refractivity contribution in [1.82, 2.24) is 9.88 Å². The second-order valence-corrected chi connectivity index (χ2v) is 7.27. The summed E-state index contributed by atoms with van der Waals surface area (Å²) in [5.41, 5.74) is -1.24. The smallest absolute Gasteiger partial charge is 0.311 e. The molecule has 1 aliphatic carbocycles. The molecule has 2 aliphatic rings. The average Bonchev–Trinajstić information content (AvgIpc) is 3.18. The first-order chi connectivity index (χ1) is 12.8. The highest BCUT2D eigenvalue weighted by atomic mass is 16.6. The van der Waals surface area contributed by atoms with E-state index in [9.17, 15) is 29.6 Å². The van der Waals surface area contributed by atoms with Crippen LogP contribution in [0.15, 0.2) is 29.1 Å². The Morgan fingerprint density at radius 1 is 1.33 bits per heavy atom. The van der Waals surface area contributed by atoms with Gasteiger partial charge in [0.2, 0.25) is 5.56 Å². The number of carbonyl (C=O) groups excluding carboxylic acids is 1. The Labute approximate surface area is 152 Å². The maximum Gasteiger partial charge on any atom is 0.311 e. The molecule has 1 saturated carbocycles. The highest BCUT2D eigenvalue weighted by Crippen LogP contribution is 2.49. The molecule has 2 heterocycles. The fourth-order valence-corrected chi connectivity index (χ4v) is 4.50. The van der Waals surface area contributed by atoms with Crippen molar-refractivity contribution in [3.8, 4) is 0 Å². The third-order valence-corrected chi connectivity index (χ3v) is 5.85. The fourth-order valence-electron chi connectivity index (χ4n) is 4.50. The topological polar surface area (TPSA) is 134 Å². The number of carbonyl (C=O) groups is 2. The van der Waals surface area contributed by atoms with Crippen molar-refractivity contribution in [2.75, 3.05) is 13.1 Å². The minimum absolute atomic E-state index is 0.0537. The summed E-state index contributed by atoms with van der Waals surface area (Å²) in [5.74, 6) is -1.48. The van der Waals surface area contributed by atoms with Gasteiger partial charge in [0, 0.05) is 42.2 Å². The lowest BCUT2D eigenvalue weighted by Gasteiger charge is -2.23. The second-order valence-electron chi connectivity index (χ2n) is 7.27. The van der Waals surface area contributed by atoms with Crippen LogP contribution in [0.25, 0.3) is 10.9 Å². The molecule has 4 rings (SSSR count). The molecule has 27 heavy (non-hydrogen) atoms. The zero-order valence-electron chi connectivity index (χ0n) is 14.3. The number of hydrogen-bond donors (Lipinski definition) is 2. The van der Waals surface area contributed by atoms with Crippen molar-refractivity contribution in [2.45, 2.75) is 19.3 Å². The average molecular weight is 371 g/mol. The number of rotatable bonds is 3. The molecule has 140 valence electrons. The van der Waals surface area contributed by atoms with Crippen molar-refractivity contribution >= 4 is 28.5 Å². The molecule has 9 nitrogen and oxygen atoms in total. The molecule has 2 aromatic rings. The van der Waals surface area contributed by atoms with Gasteiger partial charge in [-0.1, -0.05) is 6.42 Å². The van der Waals surface area contributed by atoms with Crippen LogP contribution in [0.4, 0.5) is 5.69 Å². The number of carboxylic acids is 1. The van der Waals surface area contributed by atoms with E-state index in [0.717, 1.165) is 18.9 Å². The number of nitrogens with zero attached hydrogens (tertiary/aromatic N) is 2. The molecule has 1 amide bonds. The van der Waals surface area contributed by atoms with Crippen LogP contribution in [0.2, 0.25) is 0 Å². The monoisotopic (exact) mass is 371 g/mol. The number of non-ortho nitro benzene ring substituents is 1. The lowest BCUT2D eigenvalue weighted by atomic mass is 9.81. The van der Waals surface area contributed by atoms with Crippen LogP contribution in [0, 0.1) is 21.4 Å². The summed E-state index contributed by atoms with van der Waals surface area (Å²) in [5, 5.41) is 21.0. The zero-order valence-corrected chi connectivity index (χ0v) is 14.3. The zero-order chi connectivity index (χ0) is 19.3. The van der Waals surface area contributed by atoms with Gasteiger partial charge < -0.3 is 15.0 Å². The summed E-state index contributed by atoms with van der Waals surface area (Å²) in [4.78, 5) is 51.4. The molecule has 9 heteroatoms. The molecular weight excluding hydrogens is 354 g/mol. The van der Waals surface area contributed by atoms with Gasteiger partial charge in [0.1, 0.15) is 0 Å². The largest absolute Gasteiger partial charge is 0.481 e. The number of aliphatic carboxylic acids is 1. The van der Waals surface area contributed by atoms with Crippen LogP contribution in [-0.4, -0.2) is 44.9 Å². The molecule has 0 unspecified atom stereocenters. The van der Waals surface area contributed by atoms with Gasteiger partial charge in [0.25, 0.3) is 11.6 Å². The molecule has 0 bridgehead atoms. The fraction of sp³-hybridized carbons (Fsp3) is 0.389. The van der Waals surface area contributed by atoms with E-state index >= 15 is 0 Å². The van der Waals surface area contributed by atoms with Gasteiger partial charge in [-0.2, -0.15) is 0 Å². The number of carboxylic acid groups (broad SMARTS) is 1. The van der Waals surface area contributed by atoms with Crippen molar-refractivity contribution in [3.05, 3.63) is 50.3 Å². The summed E-state index contributed by atoms with van der Waals surface area (Å²) in [6, 6.07) is 5.02. The second kappa shape index (κ2) is 5.90. The third-order valence-electron chi connectivity index (χ3n) is 5.85. The number of nitro benzene ring substituents is 1. The lowest BCUT2D eigenvalue weighted by molar-refractivity contribution is -0.384. The Bertz CT molecular complexity index is 1050. The quantitative estimate of drug-likeness (QED) is 0.624. The van der Waals surface area contributed by atoms with Gasteiger partial charge in [-0.05, 0) is 24.8 Å². The van der Waals surface area contributed by atoms with Crippen molar-refractivity contribution in [1.29, 1.82) is 0 Å². The SMILES string of the molecule is O=C(c1cc(=O)[nH]c2ccc([N+](=O)[O-])cc12)N1C[C@@H]2CCC[C@@]2(C(=O)O)C1. The van der Waals surface area contributed by atoms with E-state index in [2.05, 4.69) is 4.98 Å². The number of H-pyrrole nitrogens is 1. The molecule has 1 saturated heterocycles. The number of fused-ring (bicyclic) bond motifs is 2. The van der Waals surface area contributed by atoms with Gasteiger partial charge in [-0.3, -0.25) is 24.5 Å². The van der Waals surface area contributed by atoms with E-state index in [0.29, 0.717) is 18.5 Å². The van der Waals surface area contributed by atoms with E-state index in [1.54, 1.807) is 0 Å². The standard InChI is InChI=1S/C18H17N3O6/c22-15-7-13(12-6-11(21(26)27)3-4-14(12)19-15)16(23)20-8-10-2-1-5-18(10,9-20)17(24)25/h3-4,6-7,10H,1-2,5,8-9H2,(H,19,22)(H,24,25)/t10-,18+/m0/s1. The van der Waals surface area contributed by atoms with Crippen LogP contribution in [0.3, 0.4) is 0 Å². The van der Waals surface area contributed by atoms with Gasteiger partial charge in [-0.15, -0.1) is 0 Å². The Morgan fingerprint density at radius 3 is 2.78 bits per heavy atom. The van der Waals surface area contributed by atoms with E-state index in [4.69, 9.17) is 0 Å². The molecule has 2 N–H and O–H groups in total. The number of amides is 1. The van der Waals surface area contributed by atoms with Crippen LogP contribution in [-0.2, 0) is 4.79 Å². The van der Waals surface area contributed by atoms with E-state index in [-0.39, 0.29) is 29.1 Å². The molecule has 0 radical (unpaired) electrons. The van der Waals surface area contributed by atoms with Crippen LogP contribution < -0.4 is 5.56 Å². The maximum atomic E-state index is 13.1. The molecule has 2 fully saturated rings. The molecular formula is C18H17N3O6. The number of hydrogen-bond acceptors (Lipinski definition) is 5. The van der Waals surface area contributed by atoms with Crippen LogP contribution in [0.1, 0.15) is 29.6 Å². The van der Waals surface area contributed by atoms with Gasteiger partial charge >= 0.3 is 5.97 Å². The predicted octanol–water partition coefficient (Wildman–Crippen LogP) is 1.76. The number of aromatic amines is 1. The van der Waals surface area contributed by atoms with Crippen molar-refractivity contribution in [3.63, 3.8) is 0 Å². The van der Waals surface area contributed by atoms with Crippen molar-refractivity contribution in [2.24, 2.45) is 11.3 Å². The number of likely N-dealkylation sites (tertiary alicyclic amines) is 1. The number of aromatic nitrogens is 1. The Morgan fingerprint density at radius 2 is 2.11 bits per heavy atom. The summed E-state index contributed by atoms with van der Waals surface area (Å²) in [6.07, 6.45) is 2.09. The first kappa shape index (κ1) is 17.2. The minimum Gasteiger partial charge on any atom is -0.481 e. The van der Waals surface area contributed by atoms with E-state index in [1.165, 1.54) is 23.1 Å². The molecule has 1 aromatic heterocycles. The van der Waals surface area contributed by atoms with Gasteiger partial charge in [0.15, 0.2) is 0 Å². The van der Waals surface area contributed by atoms with E-state index < -0.39 is 27.8 Å². The number of nitro groups is 1. The first-order valence-electron chi connectivity index (χ1n) is 8.66. The normalized spacial score (nSPS) is 24.1. The predicted molar refractivity (Wildman–Crippen MR) is 94.5 cm³/mol. The first-order valence-corrected chi connectivity index (χ1v) is 8.66. The van der Waals surface area contributed by atoms with Crippen LogP contribution in [0.5, 0.6) is 0 Å². The minimum atomic E-state index is -0.932. The number of pyridine rings is 1. The molecule has 2 atom stereocenters. The van der Waals surface area contributed by atoms with Gasteiger partial charge in [-0.25, -0.2) is 0 Å². The Balaban J connectivity index is 1.77. The van der Waals surface area contributed by atoms with Crippen molar-refractivity contribution < 1.29 is 19.6 Å². The molecule has 1 aromatic carbocycles. The molecule has 1 aliphatic heterocycles. The summed E-state index contributed by atoms with van der Waals surface area (Å²) in [7, 11) is 0. The lowest BCUT2D eigenvalue weighted by Crippen LogP contribution is -2.37. The maximum absolute atomic E-state index is 13.1. The summed E-state index contributed by atoms with van der Waals surface area (Å²) in [6.45, 7) is 0.406. The third kappa shape index (κ3) is 2.57. The Kier molecular flexibility index (Phi) is 3.76. The Hall–Kier alpha value is -3.23. The van der Waals surface area contributed by atoms with E-state index in [1.807, 2.05) is 0 Å². The highest BCUT2D eigenvalue weighted by molar-refractivity contribution is 6.06. The summed E-state index contributed by atoms with van der Waals surface area (Å²) >= 11 is 0.